The van der Waals surface area contributed by atoms with Gasteiger partial charge in [0.25, 0.3) is 0 Å². The van der Waals surface area contributed by atoms with Crippen molar-refractivity contribution in [2.75, 3.05) is 13.7 Å². The zero-order valence-electron chi connectivity index (χ0n) is 16.7. The Labute approximate surface area is 157 Å². The molecule has 4 rings (SSSR count). The number of methoxy groups -OCH3 is 1. The van der Waals surface area contributed by atoms with Crippen molar-refractivity contribution < 1.29 is 19.7 Å². The normalized spacial score (nSPS) is 53.5. The Kier molecular flexibility index (Phi) is 4.57. The van der Waals surface area contributed by atoms with Gasteiger partial charge in [-0.3, -0.25) is 4.79 Å². The molecule has 0 spiro atoms. The first-order valence-electron chi connectivity index (χ1n) is 10.7. The van der Waals surface area contributed by atoms with E-state index in [2.05, 4.69) is 13.8 Å². The molecule has 4 aliphatic carbocycles. The summed E-state index contributed by atoms with van der Waals surface area (Å²) in [5, 5.41) is 20.7. The van der Waals surface area contributed by atoms with Crippen molar-refractivity contribution in [1.82, 2.24) is 0 Å². The molecule has 148 valence electrons. The fourth-order valence-corrected chi connectivity index (χ4v) is 8.04. The van der Waals surface area contributed by atoms with Crippen LogP contribution in [-0.4, -0.2) is 41.4 Å². The number of aliphatic hydroxyl groups excluding tert-OH is 1. The van der Waals surface area contributed by atoms with E-state index < -0.39 is 12.2 Å². The standard InChI is InChI=1S/C22H36O4/c1-20-9-6-15(26-3)12-14(20)4-5-16-17(20)7-10-21(2)18(16)8-11-22(21,25)19(24)13-23/h14-18,23,25H,4-13H2,1-3H3/t14?,15-,16+,17-,18-,20-,21-,22-/m0/s1. The van der Waals surface area contributed by atoms with E-state index in [4.69, 9.17) is 4.74 Å². The number of hydrogen-bond acceptors (Lipinski definition) is 4. The summed E-state index contributed by atoms with van der Waals surface area (Å²) >= 11 is 0. The molecular weight excluding hydrogens is 328 g/mol. The van der Waals surface area contributed by atoms with Crippen molar-refractivity contribution in [3.63, 3.8) is 0 Å². The molecule has 4 aliphatic rings. The topological polar surface area (TPSA) is 66.8 Å². The van der Waals surface area contributed by atoms with Gasteiger partial charge in [0.1, 0.15) is 12.2 Å². The molecule has 4 heteroatoms. The second-order valence-electron chi connectivity index (χ2n) is 10.2. The molecule has 0 aliphatic heterocycles. The van der Waals surface area contributed by atoms with Crippen molar-refractivity contribution in [3.8, 4) is 0 Å². The highest BCUT2D eigenvalue weighted by molar-refractivity contribution is 5.89. The second kappa shape index (κ2) is 6.28. The molecule has 2 N–H and O–H groups in total. The number of ether oxygens (including phenoxy) is 1. The lowest BCUT2D eigenvalue weighted by Crippen LogP contribution is -2.59. The molecule has 26 heavy (non-hydrogen) atoms. The molecule has 0 saturated heterocycles. The third kappa shape index (κ3) is 2.34. The Morgan fingerprint density at radius 2 is 1.77 bits per heavy atom. The third-order valence-electron chi connectivity index (χ3n) is 9.71. The van der Waals surface area contributed by atoms with Gasteiger partial charge < -0.3 is 14.9 Å². The number of Topliss-reactive ketones (excluding diaryl/α,β-unsaturated/α-hetero) is 1. The van der Waals surface area contributed by atoms with Crippen molar-refractivity contribution in [3.05, 3.63) is 0 Å². The predicted molar refractivity (Wildman–Crippen MR) is 99.6 cm³/mol. The smallest absolute Gasteiger partial charge is 0.190 e. The molecule has 0 aromatic heterocycles. The quantitative estimate of drug-likeness (QED) is 0.806. The Morgan fingerprint density at radius 3 is 2.46 bits per heavy atom. The number of carbonyl (C=O) groups is 1. The highest BCUT2D eigenvalue weighted by atomic mass is 16.5. The Hall–Kier alpha value is -0.450. The summed E-state index contributed by atoms with van der Waals surface area (Å²) in [4.78, 5) is 12.4. The van der Waals surface area contributed by atoms with E-state index in [-0.39, 0.29) is 11.2 Å². The van der Waals surface area contributed by atoms with Gasteiger partial charge in [-0.1, -0.05) is 13.8 Å². The van der Waals surface area contributed by atoms with Crippen LogP contribution in [0.5, 0.6) is 0 Å². The Morgan fingerprint density at radius 1 is 1.04 bits per heavy atom. The monoisotopic (exact) mass is 364 g/mol. The molecule has 1 unspecified atom stereocenters. The summed E-state index contributed by atoms with van der Waals surface area (Å²) in [6.07, 6.45) is 10.0. The first-order valence-corrected chi connectivity index (χ1v) is 10.7. The molecule has 0 amide bonds. The summed E-state index contributed by atoms with van der Waals surface area (Å²) < 4.78 is 5.68. The second-order valence-corrected chi connectivity index (χ2v) is 10.2. The molecule has 4 fully saturated rings. The van der Waals surface area contributed by atoms with Gasteiger partial charge in [0.05, 0.1) is 6.10 Å². The van der Waals surface area contributed by atoms with Crippen molar-refractivity contribution >= 4 is 5.78 Å². The Bertz CT molecular complexity index is 576. The maximum absolute atomic E-state index is 12.4. The van der Waals surface area contributed by atoms with Crippen LogP contribution < -0.4 is 0 Å². The molecule has 0 bridgehead atoms. The van der Waals surface area contributed by atoms with Gasteiger partial charge in [-0.05, 0) is 86.9 Å². The van der Waals surface area contributed by atoms with Crippen LogP contribution in [-0.2, 0) is 9.53 Å². The first-order chi connectivity index (χ1) is 12.3. The van der Waals surface area contributed by atoms with Crippen LogP contribution in [0.1, 0.15) is 71.6 Å². The van der Waals surface area contributed by atoms with E-state index >= 15 is 0 Å². The summed E-state index contributed by atoms with van der Waals surface area (Å²) in [5.74, 6) is 2.14. The SMILES string of the molecule is CO[C@H]1CC[C@@]2(C)C(CC[C@@H]3[C@@H]2CC[C@@]2(C)[C@H]3CC[C@]2(O)C(=O)CO)C1. The first kappa shape index (κ1) is 18.9. The van der Waals surface area contributed by atoms with E-state index in [0.717, 1.165) is 25.2 Å². The fourth-order valence-electron chi connectivity index (χ4n) is 8.04. The minimum atomic E-state index is -1.32. The molecule has 4 saturated carbocycles. The van der Waals surface area contributed by atoms with Gasteiger partial charge in [0.2, 0.25) is 0 Å². The highest BCUT2D eigenvalue weighted by Crippen LogP contribution is 2.68. The zero-order valence-corrected chi connectivity index (χ0v) is 16.7. The van der Waals surface area contributed by atoms with Crippen LogP contribution in [0.25, 0.3) is 0 Å². The predicted octanol–water partition coefficient (Wildman–Crippen LogP) is 3.34. The fraction of sp³-hybridized carbons (Fsp3) is 0.955. The summed E-state index contributed by atoms with van der Waals surface area (Å²) in [6.45, 7) is 4.11. The number of fused-ring (bicyclic) bond motifs is 5. The molecule has 0 aromatic carbocycles. The number of ketones is 1. The van der Waals surface area contributed by atoms with Gasteiger partial charge in [-0.25, -0.2) is 0 Å². The molecule has 0 heterocycles. The highest BCUT2D eigenvalue weighted by Gasteiger charge is 2.66. The van der Waals surface area contributed by atoms with E-state index in [1.165, 1.54) is 32.1 Å². The van der Waals surface area contributed by atoms with Gasteiger partial charge in [-0.15, -0.1) is 0 Å². The van der Waals surface area contributed by atoms with Crippen LogP contribution in [0.3, 0.4) is 0 Å². The minimum absolute atomic E-state index is 0.360. The van der Waals surface area contributed by atoms with Crippen LogP contribution in [0.2, 0.25) is 0 Å². The zero-order chi connectivity index (χ0) is 18.7. The number of carbonyl (C=O) groups excluding carboxylic acids is 1. The van der Waals surface area contributed by atoms with E-state index in [0.29, 0.717) is 35.7 Å². The third-order valence-corrected chi connectivity index (χ3v) is 9.71. The lowest BCUT2D eigenvalue weighted by Gasteiger charge is -2.61. The van der Waals surface area contributed by atoms with Gasteiger partial charge in [0.15, 0.2) is 5.78 Å². The van der Waals surface area contributed by atoms with Gasteiger partial charge in [0, 0.05) is 12.5 Å². The largest absolute Gasteiger partial charge is 0.388 e. The summed E-state index contributed by atoms with van der Waals surface area (Å²) in [7, 11) is 1.85. The van der Waals surface area contributed by atoms with E-state index in [9.17, 15) is 15.0 Å². The van der Waals surface area contributed by atoms with Crippen LogP contribution >= 0.6 is 0 Å². The van der Waals surface area contributed by atoms with Crippen LogP contribution in [0.4, 0.5) is 0 Å². The van der Waals surface area contributed by atoms with Crippen molar-refractivity contribution in [2.45, 2.75) is 83.3 Å². The lowest BCUT2D eigenvalue weighted by atomic mass is 9.44. The maximum Gasteiger partial charge on any atom is 0.190 e. The molecule has 0 aromatic rings. The number of aliphatic hydroxyl groups is 2. The summed E-state index contributed by atoms with van der Waals surface area (Å²) in [6, 6.07) is 0. The minimum Gasteiger partial charge on any atom is -0.388 e. The van der Waals surface area contributed by atoms with Gasteiger partial charge in [-0.2, -0.15) is 0 Å². The lowest BCUT2D eigenvalue weighted by molar-refractivity contribution is -0.174. The molecule has 4 nitrogen and oxygen atoms in total. The number of hydrogen-bond donors (Lipinski definition) is 2. The van der Waals surface area contributed by atoms with Crippen molar-refractivity contribution in [2.24, 2.45) is 34.5 Å². The van der Waals surface area contributed by atoms with Crippen LogP contribution in [0, 0.1) is 34.5 Å². The van der Waals surface area contributed by atoms with Crippen LogP contribution in [0.15, 0.2) is 0 Å². The van der Waals surface area contributed by atoms with E-state index in [1.54, 1.807) is 0 Å². The molecule has 8 atom stereocenters. The average molecular weight is 365 g/mol. The Balaban J connectivity index is 1.61. The maximum atomic E-state index is 12.4. The summed E-state index contributed by atoms with van der Waals surface area (Å²) in [5.41, 5.74) is -1.29. The average Bonchev–Trinajstić information content (AvgIpc) is 2.92. The number of rotatable bonds is 3. The van der Waals surface area contributed by atoms with Crippen molar-refractivity contribution in [1.29, 1.82) is 0 Å². The van der Waals surface area contributed by atoms with Gasteiger partial charge >= 0.3 is 0 Å². The van der Waals surface area contributed by atoms with E-state index in [1.807, 2.05) is 7.11 Å². The molecule has 0 radical (unpaired) electrons. The molecular formula is C22H36O4.